The van der Waals surface area contributed by atoms with Crippen molar-refractivity contribution in [3.63, 3.8) is 0 Å². The molecule has 0 radical (unpaired) electrons. The van der Waals surface area contributed by atoms with Crippen LogP contribution in [0.3, 0.4) is 0 Å². The maximum atomic E-state index is 12.1. The molecule has 1 unspecified atom stereocenters. The summed E-state index contributed by atoms with van der Waals surface area (Å²) in [6.07, 6.45) is 0.345. The van der Waals surface area contributed by atoms with Crippen LogP contribution in [0.4, 0.5) is 0 Å². The third-order valence-electron chi connectivity index (χ3n) is 2.71. The molecular formula is C12H13Cl2NOS. The Balaban J connectivity index is 2.04. The first-order valence-electron chi connectivity index (χ1n) is 5.45. The number of carbonyl (C=O) groups excluding carboxylic acids is 1. The lowest BCUT2D eigenvalue weighted by atomic mass is 10.0. The average Bonchev–Trinajstić information content (AvgIpc) is 2.36. The summed E-state index contributed by atoms with van der Waals surface area (Å²) in [5.74, 6) is 2.10. The number of hydrogen-bond acceptors (Lipinski definition) is 3. The van der Waals surface area contributed by atoms with Crippen LogP contribution in [-0.2, 0) is 11.2 Å². The van der Waals surface area contributed by atoms with Crippen molar-refractivity contribution in [2.45, 2.75) is 12.5 Å². The Labute approximate surface area is 115 Å². The van der Waals surface area contributed by atoms with Gasteiger partial charge in [0.15, 0.2) is 5.78 Å². The maximum absolute atomic E-state index is 12.1. The molecule has 0 saturated carbocycles. The normalized spacial score (nSPS) is 20.2. The number of ketones is 1. The van der Waals surface area contributed by atoms with Crippen molar-refractivity contribution in [2.24, 2.45) is 0 Å². The predicted molar refractivity (Wildman–Crippen MR) is 74.3 cm³/mol. The Morgan fingerprint density at radius 3 is 3.00 bits per heavy atom. The van der Waals surface area contributed by atoms with Crippen LogP contribution in [0, 0.1) is 0 Å². The first-order chi connectivity index (χ1) is 8.18. The highest BCUT2D eigenvalue weighted by molar-refractivity contribution is 7.99. The zero-order valence-electron chi connectivity index (χ0n) is 9.21. The van der Waals surface area contributed by atoms with Gasteiger partial charge in [-0.25, -0.2) is 0 Å². The zero-order valence-corrected chi connectivity index (χ0v) is 11.5. The van der Waals surface area contributed by atoms with E-state index in [4.69, 9.17) is 23.2 Å². The molecule has 1 saturated heterocycles. The Kier molecular flexibility index (Phi) is 4.74. The monoisotopic (exact) mass is 289 g/mol. The van der Waals surface area contributed by atoms with E-state index >= 15 is 0 Å². The highest BCUT2D eigenvalue weighted by atomic mass is 35.5. The molecule has 2 nitrogen and oxygen atoms in total. The molecule has 0 bridgehead atoms. The van der Waals surface area contributed by atoms with Crippen molar-refractivity contribution in [1.29, 1.82) is 0 Å². The summed E-state index contributed by atoms with van der Waals surface area (Å²) in [5, 5.41) is 4.22. The fourth-order valence-electron chi connectivity index (χ4n) is 1.77. The highest BCUT2D eigenvalue weighted by Crippen LogP contribution is 2.26. The molecule has 2 rings (SSSR count). The molecule has 1 aromatic carbocycles. The van der Waals surface area contributed by atoms with Gasteiger partial charge < -0.3 is 5.32 Å². The summed E-state index contributed by atoms with van der Waals surface area (Å²) in [5.41, 5.74) is 0.807. The lowest BCUT2D eigenvalue weighted by Crippen LogP contribution is -2.44. The lowest BCUT2D eigenvalue weighted by molar-refractivity contribution is -0.119. The zero-order chi connectivity index (χ0) is 12.3. The van der Waals surface area contributed by atoms with E-state index in [2.05, 4.69) is 5.32 Å². The van der Waals surface area contributed by atoms with Crippen LogP contribution in [0.5, 0.6) is 0 Å². The fraction of sp³-hybridized carbons (Fsp3) is 0.417. The molecule has 17 heavy (non-hydrogen) atoms. The van der Waals surface area contributed by atoms with Crippen molar-refractivity contribution in [3.8, 4) is 0 Å². The van der Waals surface area contributed by atoms with Crippen LogP contribution in [-0.4, -0.2) is 29.9 Å². The molecule has 92 valence electrons. The van der Waals surface area contributed by atoms with Gasteiger partial charge >= 0.3 is 0 Å². The first-order valence-corrected chi connectivity index (χ1v) is 7.36. The first kappa shape index (κ1) is 13.2. The highest BCUT2D eigenvalue weighted by Gasteiger charge is 2.21. The number of nitrogens with one attached hydrogen (secondary N) is 1. The average molecular weight is 290 g/mol. The topological polar surface area (TPSA) is 29.1 Å². The Hall–Kier alpha value is -0.220. The minimum atomic E-state index is -0.0520. The molecule has 0 amide bonds. The van der Waals surface area contributed by atoms with Crippen LogP contribution in [0.2, 0.25) is 10.0 Å². The number of Topliss-reactive ketones (excluding diaryl/α,β-unsaturated/α-hetero) is 1. The molecule has 1 aromatic rings. The van der Waals surface area contributed by atoms with E-state index in [9.17, 15) is 4.79 Å². The van der Waals surface area contributed by atoms with Crippen molar-refractivity contribution in [2.75, 3.05) is 18.1 Å². The SMILES string of the molecule is O=C(Cc1cccc(Cl)c1Cl)C1CSCCN1. The standard InChI is InChI=1S/C12H13Cl2NOS/c13-9-3-1-2-8(12(9)14)6-11(16)10-7-17-5-4-15-10/h1-3,10,15H,4-7H2. The second-order valence-electron chi connectivity index (χ2n) is 3.94. The van der Waals surface area contributed by atoms with Gasteiger partial charge in [-0.3, -0.25) is 4.79 Å². The molecule has 1 aliphatic rings. The molecule has 0 aliphatic carbocycles. The third-order valence-corrected chi connectivity index (χ3v) is 4.63. The quantitative estimate of drug-likeness (QED) is 0.928. The molecule has 1 atom stereocenters. The second-order valence-corrected chi connectivity index (χ2v) is 5.87. The number of thioether (sulfide) groups is 1. The smallest absolute Gasteiger partial charge is 0.154 e. The van der Waals surface area contributed by atoms with E-state index in [1.165, 1.54) is 0 Å². The molecular weight excluding hydrogens is 277 g/mol. The van der Waals surface area contributed by atoms with Crippen molar-refractivity contribution < 1.29 is 4.79 Å². The second kappa shape index (κ2) is 6.10. The van der Waals surface area contributed by atoms with Crippen LogP contribution in [0.15, 0.2) is 18.2 Å². The molecule has 0 spiro atoms. The van der Waals surface area contributed by atoms with E-state index in [-0.39, 0.29) is 11.8 Å². The maximum Gasteiger partial charge on any atom is 0.154 e. The largest absolute Gasteiger partial charge is 0.306 e. The summed E-state index contributed by atoms with van der Waals surface area (Å²) in [6.45, 7) is 0.893. The Morgan fingerprint density at radius 1 is 1.47 bits per heavy atom. The summed E-state index contributed by atoms with van der Waals surface area (Å²) in [6, 6.07) is 5.35. The number of halogens is 2. The van der Waals surface area contributed by atoms with E-state index in [0.29, 0.717) is 16.5 Å². The van der Waals surface area contributed by atoms with Gasteiger partial charge in [0.25, 0.3) is 0 Å². The van der Waals surface area contributed by atoms with Crippen LogP contribution < -0.4 is 5.32 Å². The summed E-state index contributed by atoms with van der Waals surface area (Å²) >= 11 is 13.8. The Morgan fingerprint density at radius 2 is 2.29 bits per heavy atom. The predicted octanol–water partition coefficient (Wildman–Crippen LogP) is 2.81. The van der Waals surface area contributed by atoms with Crippen molar-refractivity contribution in [3.05, 3.63) is 33.8 Å². The van der Waals surface area contributed by atoms with Crippen LogP contribution in [0.25, 0.3) is 0 Å². The molecule has 5 heteroatoms. The molecule has 0 aromatic heterocycles. The van der Waals surface area contributed by atoms with Crippen molar-refractivity contribution >= 4 is 40.7 Å². The number of benzene rings is 1. The van der Waals surface area contributed by atoms with Gasteiger partial charge in [-0.15, -0.1) is 0 Å². The molecule has 1 fully saturated rings. The minimum Gasteiger partial charge on any atom is -0.306 e. The van der Waals surface area contributed by atoms with Gasteiger partial charge in [0.2, 0.25) is 0 Å². The summed E-state index contributed by atoms with van der Waals surface area (Å²) in [7, 11) is 0. The molecule has 1 heterocycles. The molecule has 1 aliphatic heterocycles. The summed E-state index contributed by atoms with van der Waals surface area (Å²) < 4.78 is 0. The van der Waals surface area contributed by atoms with Gasteiger partial charge in [-0.2, -0.15) is 11.8 Å². The van der Waals surface area contributed by atoms with Crippen LogP contribution in [0.1, 0.15) is 5.56 Å². The van der Waals surface area contributed by atoms with E-state index < -0.39 is 0 Å². The van der Waals surface area contributed by atoms with Gasteiger partial charge in [-0.1, -0.05) is 35.3 Å². The number of rotatable bonds is 3. The fourth-order valence-corrected chi connectivity index (χ4v) is 3.12. The Bertz CT molecular complexity index is 419. The van der Waals surface area contributed by atoms with Gasteiger partial charge in [-0.05, 0) is 11.6 Å². The third kappa shape index (κ3) is 3.38. The van der Waals surface area contributed by atoms with E-state index in [1.54, 1.807) is 17.8 Å². The van der Waals surface area contributed by atoms with Crippen LogP contribution >= 0.6 is 35.0 Å². The summed E-state index contributed by atoms with van der Waals surface area (Å²) in [4.78, 5) is 12.1. The number of hydrogen-bond donors (Lipinski definition) is 1. The molecule has 1 N–H and O–H groups in total. The lowest BCUT2D eigenvalue weighted by Gasteiger charge is -2.22. The minimum absolute atomic E-state index is 0.0520. The van der Waals surface area contributed by atoms with E-state index in [1.807, 2.05) is 12.1 Å². The van der Waals surface area contributed by atoms with Gasteiger partial charge in [0, 0.05) is 24.5 Å². The van der Waals surface area contributed by atoms with Gasteiger partial charge in [0.05, 0.1) is 16.1 Å². The van der Waals surface area contributed by atoms with Crippen molar-refractivity contribution in [1.82, 2.24) is 5.32 Å². The number of carbonyl (C=O) groups is 1. The van der Waals surface area contributed by atoms with E-state index in [0.717, 1.165) is 23.6 Å². The van der Waals surface area contributed by atoms with Gasteiger partial charge in [0.1, 0.15) is 0 Å².